The lowest BCUT2D eigenvalue weighted by atomic mass is 10.2. The quantitative estimate of drug-likeness (QED) is 0.853. The Morgan fingerprint density at radius 3 is 2.62 bits per heavy atom. The first-order valence-corrected chi connectivity index (χ1v) is 7.55. The molecule has 1 aromatic heterocycles. The maximum atomic E-state index is 12.7. The van der Waals surface area contributed by atoms with Crippen LogP contribution in [0.4, 0.5) is 18.9 Å². The van der Waals surface area contributed by atoms with Crippen molar-refractivity contribution in [1.29, 1.82) is 5.26 Å². The topological polar surface area (TPSA) is 83.6 Å². The summed E-state index contributed by atoms with van der Waals surface area (Å²) in [6.07, 6.45) is -4.61. The molecule has 0 aliphatic heterocycles. The number of nitriles is 1. The molecule has 1 unspecified atom stereocenters. The molecule has 10 heteroatoms. The number of nitrogens with one attached hydrogen (secondary N) is 1. The van der Waals surface area contributed by atoms with E-state index >= 15 is 0 Å². The molecule has 6 nitrogen and oxygen atoms in total. The Morgan fingerprint density at radius 2 is 2.04 bits per heavy atom. The lowest BCUT2D eigenvalue weighted by Crippen LogP contribution is -2.23. The highest BCUT2D eigenvalue weighted by atomic mass is 32.2. The number of para-hydroxylation sites is 1. The van der Waals surface area contributed by atoms with Gasteiger partial charge in [-0.05, 0) is 19.1 Å². The highest BCUT2D eigenvalue weighted by molar-refractivity contribution is 8.00. The first-order chi connectivity index (χ1) is 11.2. The van der Waals surface area contributed by atoms with E-state index in [4.69, 9.17) is 5.26 Å². The number of carbonyl (C=O) groups excluding carboxylic acids is 1. The third kappa shape index (κ3) is 3.86. The van der Waals surface area contributed by atoms with Crippen LogP contribution in [0.1, 0.15) is 18.3 Å². The zero-order valence-corrected chi connectivity index (χ0v) is 13.4. The molecule has 0 radical (unpaired) electrons. The summed E-state index contributed by atoms with van der Waals surface area (Å²) in [6, 6.07) is 8.38. The molecule has 0 saturated carbocycles. The summed E-state index contributed by atoms with van der Waals surface area (Å²) in [5.74, 6) is -1.59. The van der Waals surface area contributed by atoms with E-state index in [9.17, 15) is 18.0 Å². The molecular formula is C14H12F3N5OS. The van der Waals surface area contributed by atoms with Gasteiger partial charge >= 0.3 is 6.18 Å². The van der Waals surface area contributed by atoms with Gasteiger partial charge in [-0.25, -0.2) is 0 Å². The molecule has 0 saturated heterocycles. The van der Waals surface area contributed by atoms with Crippen molar-refractivity contribution in [3.05, 3.63) is 35.7 Å². The number of hydrogen-bond donors (Lipinski definition) is 1. The zero-order valence-electron chi connectivity index (χ0n) is 12.6. The number of aromatic nitrogens is 3. The number of hydrogen-bond acceptors (Lipinski definition) is 5. The van der Waals surface area contributed by atoms with E-state index in [-0.39, 0.29) is 5.16 Å². The van der Waals surface area contributed by atoms with Crippen molar-refractivity contribution in [1.82, 2.24) is 14.8 Å². The minimum Gasteiger partial charge on any atom is -0.324 e. The van der Waals surface area contributed by atoms with E-state index in [1.165, 1.54) is 14.0 Å². The van der Waals surface area contributed by atoms with Crippen molar-refractivity contribution in [2.45, 2.75) is 23.5 Å². The lowest BCUT2D eigenvalue weighted by molar-refractivity contribution is -0.147. The van der Waals surface area contributed by atoms with Gasteiger partial charge in [0.05, 0.1) is 16.5 Å². The fourth-order valence-electron chi connectivity index (χ4n) is 1.80. The van der Waals surface area contributed by atoms with E-state index in [0.29, 0.717) is 11.3 Å². The molecule has 0 fully saturated rings. The van der Waals surface area contributed by atoms with Crippen molar-refractivity contribution in [2.24, 2.45) is 7.05 Å². The van der Waals surface area contributed by atoms with Gasteiger partial charge < -0.3 is 9.88 Å². The number of rotatable bonds is 4. The van der Waals surface area contributed by atoms with Crippen molar-refractivity contribution in [3.8, 4) is 6.07 Å². The predicted molar refractivity (Wildman–Crippen MR) is 81.1 cm³/mol. The Morgan fingerprint density at radius 1 is 1.38 bits per heavy atom. The Kier molecular flexibility index (Phi) is 5.14. The summed E-state index contributed by atoms with van der Waals surface area (Å²) in [5.41, 5.74) is 0.632. The van der Waals surface area contributed by atoms with E-state index in [1.807, 2.05) is 6.07 Å². The molecule has 126 valence electrons. The van der Waals surface area contributed by atoms with Crippen LogP contribution in [0.2, 0.25) is 0 Å². The van der Waals surface area contributed by atoms with Crippen molar-refractivity contribution in [2.75, 3.05) is 5.32 Å². The number of carbonyl (C=O) groups is 1. The second-order valence-corrected chi connectivity index (χ2v) is 6.08. The minimum atomic E-state index is -4.61. The normalized spacial score (nSPS) is 12.5. The van der Waals surface area contributed by atoms with Gasteiger partial charge in [0.25, 0.3) is 0 Å². The Bertz CT molecular complexity index is 796. The number of halogens is 3. The zero-order chi connectivity index (χ0) is 17.9. The summed E-state index contributed by atoms with van der Waals surface area (Å²) in [7, 11) is 1.18. The first kappa shape index (κ1) is 17.8. The van der Waals surface area contributed by atoms with Crippen LogP contribution in [0.15, 0.2) is 29.4 Å². The molecule has 24 heavy (non-hydrogen) atoms. The average Bonchev–Trinajstić information content (AvgIpc) is 2.88. The second-order valence-electron chi connectivity index (χ2n) is 4.77. The van der Waals surface area contributed by atoms with Crippen molar-refractivity contribution >= 4 is 23.4 Å². The largest absolute Gasteiger partial charge is 0.451 e. The molecular weight excluding hydrogens is 343 g/mol. The number of nitrogens with zero attached hydrogens (tertiary/aromatic N) is 4. The Hall–Kier alpha value is -2.54. The van der Waals surface area contributed by atoms with Crippen LogP contribution in [0.25, 0.3) is 0 Å². The summed E-state index contributed by atoms with van der Waals surface area (Å²) in [4.78, 5) is 12.2. The highest BCUT2D eigenvalue weighted by Crippen LogP contribution is 2.31. The highest BCUT2D eigenvalue weighted by Gasteiger charge is 2.37. The fourth-order valence-corrected chi connectivity index (χ4v) is 2.61. The van der Waals surface area contributed by atoms with Crippen LogP contribution in [0, 0.1) is 11.3 Å². The van der Waals surface area contributed by atoms with Crippen LogP contribution in [0.5, 0.6) is 0 Å². The molecule has 1 heterocycles. The summed E-state index contributed by atoms with van der Waals surface area (Å²) in [5, 5.41) is 17.4. The third-order valence-corrected chi connectivity index (χ3v) is 4.18. The van der Waals surface area contributed by atoms with Gasteiger partial charge in [-0.1, -0.05) is 23.9 Å². The van der Waals surface area contributed by atoms with Gasteiger partial charge in [-0.2, -0.15) is 18.4 Å². The van der Waals surface area contributed by atoms with Gasteiger partial charge in [0.15, 0.2) is 5.16 Å². The molecule has 2 rings (SSSR count). The van der Waals surface area contributed by atoms with E-state index < -0.39 is 23.2 Å². The molecule has 0 spiro atoms. The molecule has 0 bridgehead atoms. The van der Waals surface area contributed by atoms with Gasteiger partial charge in [-0.3, -0.25) is 4.79 Å². The van der Waals surface area contributed by atoms with Crippen molar-refractivity contribution < 1.29 is 18.0 Å². The number of thioether (sulfide) groups is 1. The Labute approximate surface area is 139 Å². The molecule has 1 N–H and O–H groups in total. The SMILES string of the molecule is CC(Sc1nnc(C(F)(F)F)n1C)C(=O)Nc1ccccc1C#N. The summed E-state index contributed by atoms with van der Waals surface area (Å²) < 4.78 is 38.8. The van der Waals surface area contributed by atoms with Gasteiger partial charge in [-0.15, -0.1) is 10.2 Å². The predicted octanol–water partition coefficient (Wildman–Crippen LogP) is 2.82. The smallest absolute Gasteiger partial charge is 0.324 e. The van der Waals surface area contributed by atoms with Crippen LogP contribution >= 0.6 is 11.8 Å². The lowest BCUT2D eigenvalue weighted by Gasteiger charge is -2.12. The van der Waals surface area contributed by atoms with Crippen LogP contribution in [0.3, 0.4) is 0 Å². The third-order valence-electron chi connectivity index (χ3n) is 3.05. The number of benzene rings is 1. The second kappa shape index (κ2) is 6.92. The standard InChI is InChI=1S/C14H12F3N5OS/c1-8(11(23)19-10-6-4-3-5-9(10)7-18)24-13-21-20-12(22(13)2)14(15,16)17/h3-6,8H,1-2H3,(H,19,23). The molecule has 1 amide bonds. The van der Waals surface area contributed by atoms with Gasteiger partial charge in [0, 0.05) is 7.05 Å². The van der Waals surface area contributed by atoms with E-state index in [0.717, 1.165) is 16.3 Å². The molecule has 0 aliphatic carbocycles. The average molecular weight is 355 g/mol. The molecule has 1 atom stereocenters. The number of alkyl halides is 3. The first-order valence-electron chi connectivity index (χ1n) is 6.67. The summed E-state index contributed by atoms with van der Waals surface area (Å²) >= 11 is 0.842. The maximum Gasteiger partial charge on any atom is 0.451 e. The molecule has 1 aromatic carbocycles. The van der Waals surface area contributed by atoms with Crippen LogP contribution in [-0.2, 0) is 18.0 Å². The van der Waals surface area contributed by atoms with E-state index in [1.54, 1.807) is 24.3 Å². The maximum absolute atomic E-state index is 12.7. The van der Waals surface area contributed by atoms with Crippen LogP contribution < -0.4 is 5.32 Å². The minimum absolute atomic E-state index is 0.0291. The fraction of sp³-hybridized carbons (Fsp3) is 0.286. The molecule has 0 aliphatic rings. The molecule has 2 aromatic rings. The van der Waals surface area contributed by atoms with Gasteiger partial charge in [0.2, 0.25) is 11.7 Å². The van der Waals surface area contributed by atoms with E-state index in [2.05, 4.69) is 15.5 Å². The number of anilines is 1. The number of amides is 1. The van der Waals surface area contributed by atoms with Gasteiger partial charge in [0.1, 0.15) is 6.07 Å². The monoisotopic (exact) mass is 355 g/mol. The summed E-state index contributed by atoms with van der Waals surface area (Å²) in [6.45, 7) is 1.52. The van der Waals surface area contributed by atoms with Crippen LogP contribution in [-0.4, -0.2) is 25.9 Å². The van der Waals surface area contributed by atoms with Crippen molar-refractivity contribution in [3.63, 3.8) is 0 Å². The Balaban J connectivity index is 2.10.